The van der Waals surface area contributed by atoms with Gasteiger partial charge in [0, 0.05) is 7.05 Å². The minimum atomic E-state index is -4.00. The predicted molar refractivity (Wildman–Crippen MR) is 79.8 cm³/mol. The summed E-state index contributed by atoms with van der Waals surface area (Å²) < 4.78 is 29.1. The number of esters is 1. The maximum atomic E-state index is 13.0. The van der Waals surface area contributed by atoms with Gasteiger partial charge in [-0.05, 0) is 25.5 Å². The van der Waals surface area contributed by atoms with Crippen molar-refractivity contribution in [2.24, 2.45) is 0 Å². The molecule has 1 heterocycles. The molecule has 0 unspecified atom stereocenters. The molecule has 1 aliphatic heterocycles. The summed E-state index contributed by atoms with van der Waals surface area (Å²) in [7, 11) is -2.59. The van der Waals surface area contributed by atoms with Crippen molar-refractivity contribution in [3.63, 3.8) is 0 Å². The fourth-order valence-corrected chi connectivity index (χ4v) is 5.19. The number of nitrogens with zero attached hydrogens (tertiary/aromatic N) is 1. The lowest BCUT2D eigenvalue weighted by Gasteiger charge is -2.51. The Labute approximate surface area is 130 Å². The molecule has 0 radical (unpaired) electrons. The van der Waals surface area contributed by atoms with Crippen LogP contribution in [0.5, 0.6) is 0 Å². The van der Waals surface area contributed by atoms with Crippen LogP contribution >= 0.6 is 0 Å². The average molecular weight is 325 g/mol. The van der Waals surface area contributed by atoms with E-state index >= 15 is 0 Å². The Hall–Kier alpha value is -1.89. The zero-order valence-electron chi connectivity index (χ0n) is 12.8. The van der Waals surface area contributed by atoms with Gasteiger partial charge in [-0.2, -0.15) is 0 Å². The summed E-state index contributed by atoms with van der Waals surface area (Å²) in [6.07, 6.45) is 0.0108. The molecule has 1 aromatic rings. The summed E-state index contributed by atoms with van der Waals surface area (Å²) >= 11 is 0. The minimum Gasteiger partial charge on any atom is -0.464 e. The standard InChI is InChI=1S/C15H19NO5S/c1-4-15(22(19,20)11-9-7-6-8-10-11)12(13(17)21-5-2)16(3)14(15)18/h6-10,12H,4-5H2,1-3H3/t12-,15+/m1/s1. The monoisotopic (exact) mass is 325 g/mol. The maximum Gasteiger partial charge on any atom is 0.331 e. The van der Waals surface area contributed by atoms with Gasteiger partial charge < -0.3 is 9.64 Å². The number of rotatable bonds is 5. The van der Waals surface area contributed by atoms with Crippen molar-refractivity contribution in [1.82, 2.24) is 4.90 Å². The molecule has 1 fully saturated rings. The predicted octanol–water partition coefficient (Wildman–Crippen LogP) is 1.01. The first-order valence-electron chi connectivity index (χ1n) is 7.08. The van der Waals surface area contributed by atoms with Crippen LogP contribution in [0.25, 0.3) is 0 Å². The van der Waals surface area contributed by atoms with Crippen LogP contribution in [0.4, 0.5) is 0 Å². The van der Waals surface area contributed by atoms with E-state index in [9.17, 15) is 18.0 Å². The van der Waals surface area contributed by atoms with Gasteiger partial charge in [-0.3, -0.25) is 4.79 Å². The van der Waals surface area contributed by atoms with Crippen molar-refractivity contribution in [2.45, 2.75) is 36.0 Å². The smallest absolute Gasteiger partial charge is 0.331 e. The molecule has 2 rings (SSSR count). The van der Waals surface area contributed by atoms with E-state index in [1.165, 1.54) is 19.2 Å². The molecular weight excluding hydrogens is 306 g/mol. The van der Waals surface area contributed by atoms with Gasteiger partial charge in [0.15, 0.2) is 20.6 Å². The highest BCUT2D eigenvalue weighted by atomic mass is 32.2. The summed E-state index contributed by atoms with van der Waals surface area (Å²) in [5, 5.41) is 0. The Morgan fingerprint density at radius 2 is 1.86 bits per heavy atom. The molecule has 2 atom stereocenters. The van der Waals surface area contributed by atoms with Crippen LogP contribution in [0.1, 0.15) is 20.3 Å². The van der Waals surface area contributed by atoms with Gasteiger partial charge >= 0.3 is 5.97 Å². The summed E-state index contributed by atoms with van der Waals surface area (Å²) in [6.45, 7) is 3.36. The molecule has 0 aliphatic carbocycles. The lowest BCUT2D eigenvalue weighted by Crippen LogP contribution is -2.77. The number of carbonyl (C=O) groups is 2. The number of sulfone groups is 1. The third-order valence-electron chi connectivity index (χ3n) is 4.08. The molecular formula is C15H19NO5S. The first-order chi connectivity index (χ1) is 10.3. The van der Waals surface area contributed by atoms with Crippen molar-refractivity contribution in [3.05, 3.63) is 30.3 Å². The molecule has 0 saturated carbocycles. The molecule has 1 aliphatic rings. The quantitative estimate of drug-likeness (QED) is 0.596. The van der Waals surface area contributed by atoms with Crippen molar-refractivity contribution >= 4 is 21.7 Å². The van der Waals surface area contributed by atoms with E-state index in [-0.39, 0.29) is 17.9 Å². The Kier molecular flexibility index (Phi) is 4.28. The van der Waals surface area contributed by atoms with E-state index < -0.39 is 32.5 Å². The SMILES string of the molecule is CCOC(=O)[C@H]1N(C)C(=O)[C@@]1(CC)S(=O)(=O)c1ccccc1. The largest absolute Gasteiger partial charge is 0.464 e. The molecule has 0 bridgehead atoms. The summed E-state index contributed by atoms with van der Waals surface area (Å²) in [6, 6.07) is 6.61. The molecule has 1 amide bonds. The number of hydrogen-bond donors (Lipinski definition) is 0. The zero-order chi connectivity index (χ0) is 16.5. The summed E-state index contributed by atoms with van der Waals surface area (Å²) in [5.41, 5.74) is 0. The van der Waals surface area contributed by atoms with Crippen LogP contribution in [0, 0.1) is 0 Å². The fraction of sp³-hybridized carbons (Fsp3) is 0.467. The lowest BCUT2D eigenvalue weighted by atomic mass is 9.84. The number of likely N-dealkylation sites (N-methyl/N-ethyl adjacent to an activating group) is 1. The van der Waals surface area contributed by atoms with E-state index in [1.54, 1.807) is 32.0 Å². The van der Waals surface area contributed by atoms with Gasteiger partial charge in [-0.1, -0.05) is 25.1 Å². The Morgan fingerprint density at radius 3 is 2.36 bits per heavy atom. The lowest BCUT2D eigenvalue weighted by molar-refractivity contribution is -0.169. The van der Waals surface area contributed by atoms with E-state index in [0.717, 1.165) is 4.90 Å². The number of ether oxygens (including phenoxy) is 1. The Bertz CT molecular complexity index is 685. The topological polar surface area (TPSA) is 80.8 Å². The highest BCUT2D eigenvalue weighted by molar-refractivity contribution is 7.93. The molecule has 1 aromatic carbocycles. The van der Waals surface area contributed by atoms with Gasteiger partial charge in [-0.25, -0.2) is 13.2 Å². The van der Waals surface area contributed by atoms with Gasteiger partial charge in [0.05, 0.1) is 11.5 Å². The molecule has 7 heteroatoms. The highest BCUT2D eigenvalue weighted by Gasteiger charge is 2.69. The van der Waals surface area contributed by atoms with Crippen LogP contribution in [0.15, 0.2) is 35.2 Å². The Morgan fingerprint density at radius 1 is 1.27 bits per heavy atom. The molecule has 1 saturated heterocycles. The van der Waals surface area contributed by atoms with Crippen LogP contribution in [-0.2, 0) is 24.2 Å². The summed E-state index contributed by atoms with van der Waals surface area (Å²) in [4.78, 5) is 25.7. The van der Waals surface area contributed by atoms with Crippen LogP contribution in [-0.4, -0.2) is 49.6 Å². The number of carbonyl (C=O) groups excluding carboxylic acids is 2. The Balaban J connectivity index is 2.56. The first kappa shape index (κ1) is 16.5. The van der Waals surface area contributed by atoms with E-state index in [0.29, 0.717) is 0 Å². The van der Waals surface area contributed by atoms with Crippen LogP contribution < -0.4 is 0 Å². The molecule has 0 spiro atoms. The minimum absolute atomic E-state index is 0.0108. The van der Waals surface area contributed by atoms with E-state index in [4.69, 9.17) is 4.74 Å². The average Bonchev–Trinajstić information content (AvgIpc) is 2.52. The van der Waals surface area contributed by atoms with Gasteiger partial charge in [0.25, 0.3) is 0 Å². The maximum absolute atomic E-state index is 13.0. The third kappa shape index (κ3) is 2.03. The number of likely N-dealkylation sites (tertiary alicyclic amines) is 1. The van der Waals surface area contributed by atoms with Gasteiger partial charge in [-0.15, -0.1) is 0 Å². The van der Waals surface area contributed by atoms with E-state index in [1.807, 2.05) is 0 Å². The molecule has 6 nitrogen and oxygen atoms in total. The number of benzene rings is 1. The first-order valence-corrected chi connectivity index (χ1v) is 8.56. The van der Waals surface area contributed by atoms with Gasteiger partial charge in [0.2, 0.25) is 5.91 Å². The zero-order valence-corrected chi connectivity index (χ0v) is 13.6. The van der Waals surface area contributed by atoms with Crippen LogP contribution in [0.3, 0.4) is 0 Å². The van der Waals surface area contributed by atoms with Crippen LogP contribution in [0.2, 0.25) is 0 Å². The van der Waals surface area contributed by atoms with Gasteiger partial charge in [0.1, 0.15) is 0 Å². The second-order valence-corrected chi connectivity index (χ2v) is 7.34. The second-order valence-electron chi connectivity index (χ2n) is 5.13. The normalized spacial score (nSPS) is 24.8. The van der Waals surface area contributed by atoms with Crippen molar-refractivity contribution in [2.75, 3.05) is 13.7 Å². The number of amides is 1. The third-order valence-corrected chi connectivity index (χ3v) is 6.62. The summed E-state index contributed by atoms with van der Waals surface area (Å²) in [5.74, 6) is -1.26. The van der Waals surface area contributed by atoms with Crippen molar-refractivity contribution in [3.8, 4) is 0 Å². The van der Waals surface area contributed by atoms with Crippen molar-refractivity contribution < 1.29 is 22.7 Å². The van der Waals surface area contributed by atoms with E-state index in [2.05, 4.69) is 0 Å². The fourth-order valence-electron chi connectivity index (χ4n) is 2.96. The number of hydrogen-bond acceptors (Lipinski definition) is 5. The highest BCUT2D eigenvalue weighted by Crippen LogP contribution is 2.43. The molecule has 22 heavy (non-hydrogen) atoms. The number of β-lactam (4-membered cyclic amide) rings is 1. The molecule has 0 N–H and O–H groups in total. The van der Waals surface area contributed by atoms with Crippen molar-refractivity contribution in [1.29, 1.82) is 0 Å². The molecule has 120 valence electrons. The second kappa shape index (κ2) is 5.72. The molecule has 0 aromatic heterocycles.